The number of allylic oxidation sites excluding steroid dienone is 4. The lowest BCUT2D eigenvalue weighted by atomic mass is 9.96. The Morgan fingerprint density at radius 3 is 1.28 bits per heavy atom. The standard InChI is InChI=1S/C35H45N3O8/c1-38-22-26(20-36-32(39)14-10-8-12-24-16-28(41-2)34(45-6)29(17-24)42-3)27(23-38)21-37-33(40)15-11-9-13-25-18-30(43-4)35(46-7)31(19-25)44-5/h8-19,26-27H,20-23H2,1-7H3,(H,36,39)(H,37,40)/t26-,27?/m1/s1. The number of carbonyl (C=O) groups excluding carboxylic acids is 2. The van der Waals surface area contributed by atoms with E-state index in [4.69, 9.17) is 28.4 Å². The van der Waals surface area contributed by atoms with Crippen LogP contribution in [-0.2, 0) is 9.59 Å². The lowest BCUT2D eigenvalue weighted by Gasteiger charge is -2.18. The molecule has 46 heavy (non-hydrogen) atoms. The average molecular weight is 636 g/mol. The van der Waals surface area contributed by atoms with E-state index in [-0.39, 0.29) is 23.7 Å². The van der Waals surface area contributed by atoms with Crippen molar-refractivity contribution in [3.8, 4) is 34.5 Å². The van der Waals surface area contributed by atoms with Gasteiger partial charge in [0, 0.05) is 38.3 Å². The topological polar surface area (TPSA) is 117 Å². The number of benzene rings is 2. The third-order valence-electron chi connectivity index (χ3n) is 7.50. The van der Waals surface area contributed by atoms with Crippen molar-refractivity contribution in [1.29, 1.82) is 0 Å². The Bertz CT molecular complexity index is 1290. The molecule has 0 radical (unpaired) electrons. The molecule has 0 bridgehead atoms. The summed E-state index contributed by atoms with van der Waals surface area (Å²) in [6, 6.07) is 7.30. The SMILES string of the molecule is COc1cc(C=CC=CC(=O)NCC2CN(C)C[C@H]2CNC(=O)C=CC=Cc2cc(OC)c(OC)c(OC)c2)cc(OC)c1OC. The van der Waals surface area contributed by atoms with Gasteiger partial charge in [0.15, 0.2) is 23.0 Å². The predicted molar refractivity (Wildman–Crippen MR) is 179 cm³/mol. The van der Waals surface area contributed by atoms with Crippen LogP contribution in [0.4, 0.5) is 0 Å². The van der Waals surface area contributed by atoms with Gasteiger partial charge in [0.25, 0.3) is 0 Å². The molecule has 2 aromatic carbocycles. The Balaban J connectivity index is 1.47. The van der Waals surface area contributed by atoms with Crippen LogP contribution in [0.1, 0.15) is 11.1 Å². The molecule has 11 heteroatoms. The Labute approximate surface area is 271 Å². The quantitative estimate of drug-likeness (QED) is 0.209. The molecule has 1 heterocycles. The van der Waals surface area contributed by atoms with Gasteiger partial charge in [-0.25, -0.2) is 0 Å². The summed E-state index contributed by atoms with van der Waals surface area (Å²) in [5, 5.41) is 5.98. The summed E-state index contributed by atoms with van der Waals surface area (Å²) in [7, 11) is 11.4. The van der Waals surface area contributed by atoms with Crippen LogP contribution in [0.25, 0.3) is 12.2 Å². The molecule has 0 aromatic heterocycles. The summed E-state index contributed by atoms with van der Waals surface area (Å²) in [5.41, 5.74) is 1.67. The maximum Gasteiger partial charge on any atom is 0.243 e. The summed E-state index contributed by atoms with van der Waals surface area (Å²) >= 11 is 0. The number of hydrogen-bond acceptors (Lipinski definition) is 9. The number of rotatable bonds is 16. The molecular weight excluding hydrogens is 590 g/mol. The minimum atomic E-state index is -0.186. The summed E-state index contributed by atoms with van der Waals surface area (Å²) in [5.74, 6) is 3.29. The van der Waals surface area contributed by atoms with Gasteiger partial charge >= 0.3 is 0 Å². The van der Waals surface area contributed by atoms with Gasteiger partial charge < -0.3 is 44.0 Å². The molecule has 0 saturated carbocycles. The van der Waals surface area contributed by atoms with Gasteiger partial charge in [-0.3, -0.25) is 9.59 Å². The number of hydrogen-bond donors (Lipinski definition) is 2. The number of carbonyl (C=O) groups is 2. The first-order chi connectivity index (χ1) is 22.3. The monoisotopic (exact) mass is 635 g/mol. The second kappa shape index (κ2) is 18.2. The lowest BCUT2D eigenvalue weighted by molar-refractivity contribution is -0.117. The highest BCUT2D eigenvalue weighted by molar-refractivity contribution is 5.88. The van der Waals surface area contributed by atoms with Crippen molar-refractivity contribution in [2.24, 2.45) is 11.8 Å². The number of nitrogens with one attached hydrogen (secondary N) is 2. The fraction of sp³-hybridized carbons (Fsp3) is 0.371. The Morgan fingerprint density at radius 1 is 0.630 bits per heavy atom. The van der Waals surface area contributed by atoms with E-state index in [1.807, 2.05) is 43.5 Å². The molecule has 2 aromatic rings. The first kappa shape index (κ1) is 35.6. The van der Waals surface area contributed by atoms with Gasteiger partial charge in [-0.2, -0.15) is 0 Å². The molecule has 1 fully saturated rings. The number of nitrogens with zero attached hydrogens (tertiary/aromatic N) is 1. The Morgan fingerprint density at radius 2 is 0.978 bits per heavy atom. The van der Waals surface area contributed by atoms with E-state index in [9.17, 15) is 9.59 Å². The Hall–Kier alpha value is -4.90. The van der Waals surface area contributed by atoms with E-state index in [0.717, 1.165) is 24.2 Å². The van der Waals surface area contributed by atoms with Crippen LogP contribution in [0.3, 0.4) is 0 Å². The van der Waals surface area contributed by atoms with Crippen LogP contribution in [0.5, 0.6) is 34.5 Å². The molecule has 2 N–H and O–H groups in total. The first-order valence-corrected chi connectivity index (χ1v) is 14.8. The second-order valence-electron chi connectivity index (χ2n) is 10.6. The smallest absolute Gasteiger partial charge is 0.243 e. The normalized spacial score (nSPS) is 16.8. The molecule has 2 amide bonds. The van der Waals surface area contributed by atoms with Crippen molar-refractivity contribution in [3.63, 3.8) is 0 Å². The predicted octanol–water partition coefficient (Wildman–Crippen LogP) is 3.99. The van der Waals surface area contributed by atoms with Crippen molar-refractivity contribution in [3.05, 3.63) is 71.8 Å². The average Bonchev–Trinajstić information content (AvgIpc) is 3.44. The van der Waals surface area contributed by atoms with Crippen molar-refractivity contribution < 1.29 is 38.0 Å². The number of amides is 2. The molecule has 3 rings (SSSR count). The van der Waals surface area contributed by atoms with Crippen molar-refractivity contribution >= 4 is 24.0 Å². The summed E-state index contributed by atoms with van der Waals surface area (Å²) in [6.07, 6.45) is 13.6. The maximum atomic E-state index is 12.5. The molecule has 11 nitrogen and oxygen atoms in total. The van der Waals surface area contributed by atoms with E-state index in [1.54, 1.807) is 67.0 Å². The van der Waals surface area contributed by atoms with Crippen LogP contribution in [-0.4, -0.2) is 92.6 Å². The highest BCUT2D eigenvalue weighted by atomic mass is 16.5. The molecule has 0 aliphatic carbocycles. The zero-order valence-electron chi connectivity index (χ0n) is 27.6. The van der Waals surface area contributed by atoms with Gasteiger partial charge in [0.2, 0.25) is 23.3 Å². The number of likely N-dealkylation sites (tertiary alicyclic amines) is 1. The molecule has 1 aliphatic heterocycles. The van der Waals surface area contributed by atoms with Gasteiger partial charge in [-0.05, 0) is 54.3 Å². The van der Waals surface area contributed by atoms with E-state index in [2.05, 4.69) is 15.5 Å². The molecule has 248 valence electrons. The Kier molecular flexibility index (Phi) is 14.0. The highest BCUT2D eigenvalue weighted by Gasteiger charge is 2.30. The van der Waals surface area contributed by atoms with E-state index >= 15 is 0 Å². The van der Waals surface area contributed by atoms with Crippen LogP contribution in [0, 0.1) is 11.8 Å². The van der Waals surface area contributed by atoms with Crippen molar-refractivity contribution in [1.82, 2.24) is 15.5 Å². The van der Waals surface area contributed by atoms with Gasteiger partial charge in [0.05, 0.1) is 42.7 Å². The fourth-order valence-corrected chi connectivity index (χ4v) is 5.23. The summed E-state index contributed by atoms with van der Waals surface area (Å²) < 4.78 is 32.2. The number of methoxy groups -OCH3 is 6. The highest BCUT2D eigenvalue weighted by Crippen LogP contribution is 2.39. The van der Waals surface area contributed by atoms with Crippen LogP contribution in [0.2, 0.25) is 0 Å². The molecular formula is C35H45N3O8. The van der Waals surface area contributed by atoms with Crippen LogP contribution in [0.15, 0.2) is 60.7 Å². The third-order valence-corrected chi connectivity index (χ3v) is 7.50. The maximum absolute atomic E-state index is 12.5. The zero-order chi connectivity index (χ0) is 33.5. The van der Waals surface area contributed by atoms with E-state index in [0.29, 0.717) is 47.6 Å². The lowest BCUT2D eigenvalue weighted by Crippen LogP contribution is -2.36. The summed E-state index contributed by atoms with van der Waals surface area (Å²) in [4.78, 5) is 27.2. The number of ether oxygens (including phenoxy) is 6. The minimum absolute atomic E-state index is 0.186. The second-order valence-corrected chi connectivity index (χ2v) is 10.6. The van der Waals surface area contributed by atoms with E-state index < -0.39 is 0 Å². The molecule has 0 spiro atoms. The molecule has 1 saturated heterocycles. The largest absolute Gasteiger partial charge is 0.493 e. The van der Waals surface area contributed by atoms with Gasteiger partial charge in [-0.15, -0.1) is 0 Å². The van der Waals surface area contributed by atoms with Crippen molar-refractivity contribution in [2.75, 3.05) is 75.9 Å². The zero-order valence-corrected chi connectivity index (χ0v) is 27.6. The van der Waals surface area contributed by atoms with Crippen LogP contribution < -0.4 is 39.1 Å². The molecule has 2 atom stereocenters. The van der Waals surface area contributed by atoms with Crippen LogP contribution >= 0.6 is 0 Å². The fourth-order valence-electron chi connectivity index (χ4n) is 5.23. The minimum Gasteiger partial charge on any atom is -0.493 e. The molecule has 1 aliphatic rings. The van der Waals surface area contributed by atoms with Gasteiger partial charge in [-0.1, -0.05) is 36.5 Å². The summed E-state index contributed by atoms with van der Waals surface area (Å²) in [6.45, 7) is 2.69. The molecule has 1 unspecified atom stereocenters. The van der Waals surface area contributed by atoms with Crippen molar-refractivity contribution in [2.45, 2.75) is 0 Å². The first-order valence-electron chi connectivity index (χ1n) is 14.8. The van der Waals surface area contributed by atoms with E-state index in [1.165, 1.54) is 12.2 Å². The third kappa shape index (κ3) is 10.1. The van der Waals surface area contributed by atoms with Gasteiger partial charge in [0.1, 0.15) is 0 Å².